The van der Waals surface area contributed by atoms with Gasteiger partial charge in [-0.1, -0.05) is 36.4 Å². The molecule has 0 bridgehead atoms. The van der Waals surface area contributed by atoms with Crippen LogP contribution in [0.1, 0.15) is 22.7 Å². The first-order chi connectivity index (χ1) is 16.8. The van der Waals surface area contributed by atoms with E-state index in [2.05, 4.69) is 0 Å². The smallest absolute Gasteiger partial charge is 0.295 e. The molecule has 0 aromatic heterocycles. The van der Waals surface area contributed by atoms with Gasteiger partial charge in [-0.05, 0) is 47.5 Å². The Kier molecular flexibility index (Phi) is 6.78. The highest BCUT2D eigenvalue weighted by Gasteiger charge is 2.46. The van der Waals surface area contributed by atoms with E-state index < -0.39 is 17.7 Å². The molecule has 1 heterocycles. The van der Waals surface area contributed by atoms with Crippen molar-refractivity contribution in [2.75, 3.05) is 33.2 Å². The van der Waals surface area contributed by atoms with Gasteiger partial charge < -0.3 is 24.4 Å². The zero-order valence-corrected chi connectivity index (χ0v) is 20.2. The van der Waals surface area contributed by atoms with Gasteiger partial charge in [0.1, 0.15) is 17.3 Å². The number of ether oxygens (including phenoxy) is 2. The Morgan fingerprint density at radius 1 is 0.914 bits per heavy atom. The number of aliphatic hydroxyl groups excluding tert-OH is 1. The fourth-order valence-electron chi connectivity index (χ4n) is 4.20. The van der Waals surface area contributed by atoms with Gasteiger partial charge in [-0.3, -0.25) is 9.59 Å². The average molecular weight is 473 g/mol. The number of carbonyl (C=O) groups excluding carboxylic acids is 2. The molecular weight excluding hydrogens is 444 g/mol. The number of rotatable bonds is 7. The second-order valence-electron chi connectivity index (χ2n) is 8.49. The number of carbonyl (C=O) groups is 2. The number of likely N-dealkylation sites (tertiary alicyclic amines) is 1. The molecule has 1 atom stereocenters. The van der Waals surface area contributed by atoms with Gasteiger partial charge in [0.25, 0.3) is 11.7 Å². The minimum Gasteiger partial charge on any atom is -0.507 e. The van der Waals surface area contributed by atoms with Crippen LogP contribution < -0.4 is 14.4 Å². The molecule has 35 heavy (non-hydrogen) atoms. The fourth-order valence-corrected chi connectivity index (χ4v) is 4.20. The lowest BCUT2D eigenvalue weighted by atomic mass is 9.95. The van der Waals surface area contributed by atoms with Crippen molar-refractivity contribution in [3.63, 3.8) is 0 Å². The maximum absolute atomic E-state index is 13.3. The summed E-state index contributed by atoms with van der Waals surface area (Å²) in [7, 11) is 6.99. The molecule has 1 amide bonds. The van der Waals surface area contributed by atoms with Crippen molar-refractivity contribution in [1.82, 2.24) is 4.90 Å². The SMILES string of the molecule is COc1ccc(CN2C(=O)C(=O)/C(=C(\O)c3cccc(OC)c3)C2c2ccc(N(C)C)cc2)cc1. The maximum Gasteiger partial charge on any atom is 0.295 e. The Balaban J connectivity index is 1.83. The van der Waals surface area contributed by atoms with Crippen molar-refractivity contribution in [2.24, 2.45) is 0 Å². The van der Waals surface area contributed by atoms with Gasteiger partial charge >= 0.3 is 0 Å². The average Bonchev–Trinajstić information content (AvgIpc) is 3.13. The molecule has 0 radical (unpaired) electrons. The largest absolute Gasteiger partial charge is 0.507 e. The summed E-state index contributed by atoms with van der Waals surface area (Å²) in [4.78, 5) is 30.0. The lowest BCUT2D eigenvalue weighted by Gasteiger charge is -2.26. The standard InChI is InChI=1S/C28H28N2O5/c1-29(2)21-12-10-19(11-13-21)25-24(26(31)20-6-5-7-23(16-20)35-4)27(32)28(33)30(25)17-18-8-14-22(34-3)15-9-18/h5-16,25,31H,17H2,1-4H3/b26-24-. The van der Waals surface area contributed by atoms with Crippen LogP contribution in [-0.4, -0.2) is 50.0 Å². The number of benzene rings is 3. The number of hydrogen-bond acceptors (Lipinski definition) is 6. The van der Waals surface area contributed by atoms with Gasteiger partial charge in [-0.15, -0.1) is 0 Å². The van der Waals surface area contributed by atoms with E-state index in [1.165, 1.54) is 12.0 Å². The first-order valence-corrected chi connectivity index (χ1v) is 11.2. The van der Waals surface area contributed by atoms with E-state index in [4.69, 9.17) is 9.47 Å². The van der Waals surface area contributed by atoms with Crippen LogP contribution in [-0.2, 0) is 16.1 Å². The van der Waals surface area contributed by atoms with E-state index in [0.29, 0.717) is 17.1 Å². The zero-order chi connectivity index (χ0) is 25.1. The topological polar surface area (TPSA) is 79.3 Å². The highest BCUT2D eigenvalue weighted by atomic mass is 16.5. The summed E-state index contributed by atoms with van der Waals surface area (Å²) in [6, 6.07) is 21.0. The molecular formula is C28H28N2O5. The zero-order valence-electron chi connectivity index (χ0n) is 20.2. The minimum absolute atomic E-state index is 0.0503. The quantitative estimate of drug-likeness (QED) is 0.312. The van der Waals surface area contributed by atoms with Crippen molar-refractivity contribution in [3.8, 4) is 11.5 Å². The van der Waals surface area contributed by atoms with Crippen molar-refractivity contribution >= 4 is 23.1 Å². The summed E-state index contributed by atoms with van der Waals surface area (Å²) in [5.41, 5.74) is 3.00. The third-order valence-corrected chi connectivity index (χ3v) is 6.12. The summed E-state index contributed by atoms with van der Waals surface area (Å²) < 4.78 is 10.5. The van der Waals surface area contributed by atoms with Crippen LogP contribution in [0.3, 0.4) is 0 Å². The Morgan fingerprint density at radius 2 is 1.57 bits per heavy atom. The van der Waals surface area contributed by atoms with E-state index in [1.54, 1.807) is 31.4 Å². The van der Waals surface area contributed by atoms with Crippen molar-refractivity contribution < 1.29 is 24.2 Å². The van der Waals surface area contributed by atoms with E-state index in [1.807, 2.05) is 67.5 Å². The van der Waals surface area contributed by atoms with E-state index in [9.17, 15) is 14.7 Å². The number of amides is 1. The Labute approximate surface area is 204 Å². The Bertz CT molecular complexity index is 1260. The molecule has 3 aromatic rings. The molecule has 3 aromatic carbocycles. The molecule has 1 fully saturated rings. The normalized spacial score (nSPS) is 16.9. The van der Waals surface area contributed by atoms with Crippen molar-refractivity contribution in [3.05, 3.63) is 95.1 Å². The second kappa shape index (κ2) is 9.93. The van der Waals surface area contributed by atoms with Gasteiger partial charge in [0.15, 0.2) is 0 Å². The van der Waals surface area contributed by atoms with Crippen molar-refractivity contribution in [1.29, 1.82) is 0 Å². The van der Waals surface area contributed by atoms with Gasteiger partial charge in [-0.2, -0.15) is 0 Å². The molecule has 1 aliphatic rings. The number of hydrogen-bond donors (Lipinski definition) is 1. The van der Waals surface area contributed by atoms with Gasteiger partial charge in [0.2, 0.25) is 0 Å². The molecule has 1 saturated heterocycles. The first kappa shape index (κ1) is 23.9. The van der Waals surface area contributed by atoms with Crippen LogP contribution in [0.15, 0.2) is 78.4 Å². The summed E-state index contributed by atoms with van der Waals surface area (Å²) in [5, 5.41) is 11.3. The van der Waals surface area contributed by atoms with Crippen LogP contribution in [0.25, 0.3) is 5.76 Å². The van der Waals surface area contributed by atoms with Crippen LogP contribution in [0.2, 0.25) is 0 Å². The highest BCUT2D eigenvalue weighted by Crippen LogP contribution is 2.41. The van der Waals surface area contributed by atoms with Crippen molar-refractivity contribution in [2.45, 2.75) is 12.6 Å². The number of ketones is 1. The molecule has 1 unspecified atom stereocenters. The highest BCUT2D eigenvalue weighted by molar-refractivity contribution is 6.46. The molecule has 4 rings (SSSR count). The molecule has 0 spiro atoms. The van der Waals surface area contributed by atoms with Crippen LogP contribution >= 0.6 is 0 Å². The molecule has 7 heteroatoms. The minimum atomic E-state index is -0.750. The fraction of sp³-hybridized carbons (Fsp3) is 0.214. The van der Waals surface area contributed by atoms with Crippen LogP contribution in [0.5, 0.6) is 11.5 Å². The molecule has 0 aliphatic carbocycles. The third kappa shape index (κ3) is 4.71. The number of nitrogens with zero attached hydrogens (tertiary/aromatic N) is 2. The number of anilines is 1. The number of aliphatic hydroxyl groups is 1. The Morgan fingerprint density at radius 3 is 2.17 bits per heavy atom. The van der Waals surface area contributed by atoms with E-state index in [0.717, 1.165) is 16.8 Å². The summed E-state index contributed by atoms with van der Waals surface area (Å²) in [6.07, 6.45) is 0. The van der Waals surface area contributed by atoms with Gasteiger partial charge in [0.05, 0.1) is 25.8 Å². The molecule has 1 N–H and O–H groups in total. The monoisotopic (exact) mass is 472 g/mol. The lowest BCUT2D eigenvalue weighted by molar-refractivity contribution is -0.140. The summed E-state index contributed by atoms with van der Waals surface area (Å²) >= 11 is 0. The van der Waals surface area contributed by atoms with Gasteiger partial charge in [-0.25, -0.2) is 0 Å². The lowest BCUT2D eigenvalue weighted by Crippen LogP contribution is -2.29. The van der Waals surface area contributed by atoms with Crippen LogP contribution in [0.4, 0.5) is 5.69 Å². The molecule has 1 aliphatic heterocycles. The molecule has 7 nitrogen and oxygen atoms in total. The predicted molar refractivity (Wildman–Crippen MR) is 135 cm³/mol. The van der Waals surface area contributed by atoms with E-state index >= 15 is 0 Å². The summed E-state index contributed by atoms with van der Waals surface area (Å²) in [5.74, 6) is -0.383. The first-order valence-electron chi connectivity index (χ1n) is 11.2. The number of methoxy groups -OCH3 is 2. The predicted octanol–water partition coefficient (Wildman–Crippen LogP) is 4.39. The van der Waals surface area contributed by atoms with Gasteiger partial charge in [0, 0.05) is 31.9 Å². The summed E-state index contributed by atoms with van der Waals surface area (Å²) in [6.45, 7) is 0.198. The second-order valence-corrected chi connectivity index (χ2v) is 8.49. The molecule has 180 valence electrons. The third-order valence-electron chi connectivity index (χ3n) is 6.12. The van der Waals surface area contributed by atoms with E-state index in [-0.39, 0.29) is 17.9 Å². The Hall–Kier alpha value is -4.26. The van der Waals surface area contributed by atoms with Crippen LogP contribution in [0, 0.1) is 0 Å². The number of Topliss-reactive ketones (excluding diaryl/α,β-unsaturated/α-hetero) is 1. The molecule has 0 saturated carbocycles. The maximum atomic E-state index is 13.3.